The molecule has 0 amide bonds. The lowest BCUT2D eigenvalue weighted by atomic mass is 9.97. The Morgan fingerprint density at radius 2 is 1.70 bits per heavy atom. The first-order valence-corrected chi connectivity index (χ1v) is 9.83. The lowest BCUT2D eigenvalue weighted by Gasteiger charge is -2.28. The molecular weight excluding hydrogens is 340 g/mol. The van der Waals surface area contributed by atoms with Crippen molar-refractivity contribution in [1.29, 1.82) is 0 Å². The second-order valence-corrected chi connectivity index (χ2v) is 7.30. The van der Waals surface area contributed by atoms with Crippen LogP contribution in [0.1, 0.15) is 37.2 Å². The molecule has 2 aliphatic heterocycles. The molecule has 1 unspecified atom stereocenters. The monoisotopic (exact) mass is 368 g/mol. The van der Waals surface area contributed by atoms with Crippen LogP contribution in [0.3, 0.4) is 0 Å². The Morgan fingerprint density at radius 1 is 0.926 bits per heavy atom. The van der Waals surface area contributed by atoms with E-state index in [2.05, 4.69) is 31.9 Å². The summed E-state index contributed by atoms with van der Waals surface area (Å²) in [5.74, 6) is 4.13. The summed E-state index contributed by atoms with van der Waals surface area (Å²) in [5.41, 5.74) is 1.21. The van der Waals surface area contributed by atoms with E-state index in [9.17, 15) is 0 Å². The van der Waals surface area contributed by atoms with Crippen molar-refractivity contribution in [3.63, 3.8) is 0 Å². The summed E-state index contributed by atoms with van der Waals surface area (Å²) in [5, 5.41) is 0. The molecule has 0 radical (unpaired) electrons. The number of para-hydroxylation sites is 1. The third-order valence-electron chi connectivity index (χ3n) is 5.70. The topological polar surface area (TPSA) is 50.7 Å². The zero-order valence-corrected chi connectivity index (χ0v) is 16.2. The van der Waals surface area contributed by atoms with E-state index < -0.39 is 0 Å². The third-order valence-corrected chi connectivity index (χ3v) is 5.70. The Kier molecular flexibility index (Phi) is 5.32. The maximum atomic E-state index is 5.64. The van der Waals surface area contributed by atoms with Crippen molar-refractivity contribution in [2.24, 2.45) is 0 Å². The van der Waals surface area contributed by atoms with Crippen molar-refractivity contribution < 1.29 is 9.47 Å². The molecule has 6 heteroatoms. The highest BCUT2D eigenvalue weighted by Gasteiger charge is 2.28. The van der Waals surface area contributed by atoms with E-state index in [1.165, 1.54) is 24.8 Å². The van der Waals surface area contributed by atoms with Gasteiger partial charge in [-0.05, 0) is 31.7 Å². The van der Waals surface area contributed by atoms with Crippen LogP contribution < -0.4 is 19.3 Å². The number of rotatable bonds is 5. The van der Waals surface area contributed by atoms with Crippen molar-refractivity contribution in [3.05, 3.63) is 36.2 Å². The maximum absolute atomic E-state index is 5.64. The Balaban J connectivity index is 1.52. The fourth-order valence-electron chi connectivity index (χ4n) is 4.26. The van der Waals surface area contributed by atoms with E-state index in [0.717, 1.165) is 55.7 Å². The Morgan fingerprint density at radius 3 is 2.44 bits per heavy atom. The van der Waals surface area contributed by atoms with Crippen LogP contribution in [0, 0.1) is 0 Å². The van der Waals surface area contributed by atoms with Gasteiger partial charge in [0, 0.05) is 43.7 Å². The number of methoxy groups -OCH3 is 2. The number of hydrogen-bond donors (Lipinski definition) is 0. The van der Waals surface area contributed by atoms with Gasteiger partial charge in [0.1, 0.15) is 18.0 Å². The highest BCUT2D eigenvalue weighted by molar-refractivity contribution is 5.53. The van der Waals surface area contributed by atoms with Crippen LogP contribution in [-0.2, 0) is 0 Å². The molecule has 6 nitrogen and oxygen atoms in total. The number of hydrogen-bond acceptors (Lipinski definition) is 6. The summed E-state index contributed by atoms with van der Waals surface area (Å²) in [6, 6.07) is 8.29. The first-order chi connectivity index (χ1) is 13.3. The number of piperidine rings is 1. The fourth-order valence-corrected chi connectivity index (χ4v) is 4.26. The summed E-state index contributed by atoms with van der Waals surface area (Å²) in [4.78, 5) is 13.8. The van der Waals surface area contributed by atoms with E-state index in [4.69, 9.17) is 9.47 Å². The second kappa shape index (κ2) is 8.03. The molecule has 0 saturated carbocycles. The molecule has 2 saturated heterocycles. The van der Waals surface area contributed by atoms with Crippen LogP contribution in [0.25, 0.3) is 0 Å². The van der Waals surface area contributed by atoms with Gasteiger partial charge in [-0.15, -0.1) is 0 Å². The van der Waals surface area contributed by atoms with E-state index in [1.807, 2.05) is 12.1 Å². The molecule has 0 spiro atoms. The quantitative estimate of drug-likeness (QED) is 0.805. The summed E-state index contributed by atoms with van der Waals surface area (Å²) in [7, 11) is 3.40. The Labute approximate surface area is 161 Å². The van der Waals surface area contributed by atoms with Gasteiger partial charge < -0.3 is 19.3 Å². The minimum atomic E-state index is 0.406. The van der Waals surface area contributed by atoms with Gasteiger partial charge in [0.25, 0.3) is 0 Å². The maximum Gasteiger partial charge on any atom is 0.164 e. The molecule has 27 heavy (non-hydrogen) atoms. The van der Waals surface area contributed by atoms with E-state index in [-0.39, 0.29) is 0 Å². The molecule has 4 rings (SSSR count). The molecule has 0 bridgehead atoms. The summed E-state index contributed by atoms with van der Waals surface area (Å²) in [6.45, 7) is 4.11. The van der Waals surface area contributed by atoms with E-state index >= 15 is 0 Å². The molecule has 3 heterocycles. The van der Waals surface area contributed by atoms with Crippen molar-refractivity contribution in [1.82, 2.24) is 9.97 Å². The van der Waals surface area contributed by atoms with Gasteiger partial charge in [0.2, 0.25) is 0 Å². The molecule has 144 valence electrons. The molecule has 0 aliphatic carbocycles. The van der Waals surface area contributed by atoms with Crippen LogP contribution >= 0.6 is 0 Å². The zero-order valence-electron chi connectivity index (χ0n) is 16.2. The molecule has 2 aliphatic rings. The fraction of sp³-hybridized carbons (Fsp3) is 0.524. The normalized spacial score (nSPS) is 20.0. The number of aromatic nitrogens is 2. The van der Waals surface area contributed by atoms with Crippen LogP contribution in [0.4, 0.5) is 11.6 Å². The predicted octanol–water partition coefficient (Wildman–Crippen LogP) is 3.48. The summed E-state index contributed by atoms with van der Waals surface area (Å²) < 4.78 is 11.1. The van der Waals surface area contributed by atoms with Gasteiger partial charge in [0.05, 0.1) is 14.2 Å². The SMILES string of the molecule is COc1cccc(C2CCN(c3cc(N4CCCCC4)ncn3)C2)c1OC. The van der Waals surface area contributed by atoms with Crippen LogP contribution in [0.15, 0.2) is 30.6 Å². The van der Waals surface area contributed by atoms with Gasteiger partial charge in [-0.25, -0.2) is 9.97 Å². The largest absolute Gasteiger partial charge is 0.493 e. The van der Waals surface area contributed by atoms with Crippen molar-refractivity contribution in [3.8, 4) is 11.5 Å². The molecule has 0 N–H and O–H groups in total. The Bertz CT molecular complexity index is 777. The zero-order chi connectivity index (χ0) is 18.6. The predicted molar refractivity (Wildman–Crippen MR) is 107 cm³/mol. The van der Waals surface area contributed by atoms with Crippen molar-refractivity contribution >= 4 is 11.6 Å². The van der Waals surface area contributed by atoms with Gasteiger partial charge in [0.15, 0.2) is 11.5 Å². The molecular formula is C21H28N4O2. The number of nitrogens with zero attached hydrogens (tertiary/aromatic N) is 4. The van der Waals surface area contributed by atoms with Crippen molar-refractivity contribution in [2.75, 3.05) is 50.2 Å². The molecule has 1 aromatic heterocycles. The average molecular weight is 368 g/mol. The molecule has 2 fully saturated rings. The van der Waals surface area contributed by atoms with Gasteiger partial charge in [-0.1, -0.05) is 12.1 Å². The summed E-state index contributed by atoms with van der Waals surface area (Å²) >= 11 is 0. The number of anilines is 2. The minimum Gasteiger partial charge on any atom is -0.493 e. The summed E-state index contributed by atoms with van der Waals surface area (Å²) in [6.07, 6.45) is 6.61. The lowest BCUT2D eigenvalue weighted by Crippen LogP contribution is -2.30. The van der Waals surface area contributed by atoms with E-state index in [1.54, 1.807) is 20.5 Å². The minimum absolute atomic E-state index is 0.406. The smallest absolute Gasteiger partial charge is 0.164 e. The van der Waals surface area contributed by atoms with Crippen molar-refractivity contribution in [2.45, 2.75) is 31.6 Å². The lowest BCUT2D eigenvalue weighted by molar-refractivity contribution is 0.350. The van der Waals surface area contributed by atoms with Crippen LogP contribution in [0.5, 0.6) is 11.5 Å². The first kappa shape index (κ1) is 17.9. The highest BCUT2D eigenvalue weighted by atomic mass is 16.5. The second-order valence-electron chi connectivity index (χ2n) is 7.30. The molecule has 1 aromatic carbocycles. The van der Waals surface area contributed by atoms with E-state index in [0.29, 0.717) is 5.92 Å². The molecule has 2 aromatic rings. The first-order valence-electron chi connectivity index (χ1n) is 9.83. The average Bonchev–Trinajstić information content (AvgIpc) is 3.24. The van der Waals surface area contributed by atoms with Crippen LogP contribution in [0.2, 0.25) is 0 Å². The highest BCUT2D eigenvalue weighted by Crippen LogP contribution is 2.40. The molecule has 1 atom stereocenters. The third kappa shape index (κ3) is 3.66. The number of ether oxygens (including phenoxy) is 2. The van der Waals surface area contributed by atoms with Crippen LogP contribution in [-0.4, -0.2) is 50.4 Å². The standard InChI is InChI=1S/C21H28N4O2/c1-26-18-8-6-7-17(21(18)27-2)16-9-12-25(14-16)20-13-19(22-15-23-20)24-10-4-3-5-11-24/h6-8,13,15-16H,3-5,9-12,14H2,1-2H3. The number of benzene rings is 1. The van der Waals surface area contributed by atoms with Gasteiger partial charge >= 0.3 is 0 Å². The Hall–Kier alpha value is -2.50. The van der Waals surface area contributed by atoms with Gasteiger partial charge in [-0.3, -0.25) is 0 Å². The van der Waals surface area contributed by atoms with Gasteiger partial charge in [-0.2, -0.15) is 0 Å².